The van der Waals surface area contributed by atoms with Gasteiger partial charge in [-0.25, -0.2) is 4.98 Å². The fourth-order valence-electron chi connectivity index (χ4n) is 1.98. The van der Waals surface area contributed by atoms with E-state index in [0.717, 1.165) is 19.3 Å². The lowest BCUT2D eigenvalue weighted by molar-refractivity contribution is -0.0763. The molecule has 1 fully saturated rings. The summed E-state index contributed by atoms with van der Waals surface area (Å²) >= 11 is 0. The lowest BCUT2D eigenvalue weighted by Crippen LogP contribution is -2.34. The van der Waals surface area contributed by atoms with E-state index in [2.05, 4.69) is 9.97 Å². The van der Waals surface area contributed by atoms with Crippen molar-refractivity contribution in [2.24, 2.45) is 5.73 Å². The maximum absolute atomic E-state index is 11.4. The van der Waals surface area contributed by atoms with Crippen molar-refractivity contribution in [3.8, 4) is 0 Å². The number of ether oxygens (including phenoxy) is 1. The Kier molecular flexibility index (Phi) is 3.07. The third-order valence-corrected chi connectivity index (χ3v) is 2.97. The molecular weight excluding hydrogens is 206 g/mol. The number of hydrogen-bond donors (Lipinski definition) is 2. The van der Waals surface area contributed by atoms with Crippen LogP contribution in [0.3, 0.4) is 0 Å². The number of aromatic nitrogens is 2. The van der Waals surface area contributed by atoms with E-state index in [1.54, 1.807) is 0 Å². The molecule has 2 heterocycles. The first-order valence-corrected chi connectivity index (χ1v) is 5.59. The highest BCUT2D eigenvalue weighted by atomic mass is 16.5. The molecule has 5 nitrogen and oxygen atoms in total. The molecule has 5 heteroatoms. The smallest absolute Gasteiger partial charge is 0.251 e. The lowest BCUT2D eigenvalue weighted by Gasteiger charge is -2.32. The zero-order valence-corrected chi connectivity index (χ0v) is 9.45. The van der Waals surface area contributed by atoms with Gasteiger partial charge < -0.3 is 15.5 Å². The molecule has 2 rings (SSSR count). The average Bonchev–Trinajstić information content (AvgIpc) is 2.29. The van der Waals surface area contributed by atoms with E-state index >= 15 is 0 Å². The van der Waals surface area contributed by atoms with E-state index in [1.165, 1.54) is 6.07 Å². The Morgan fingerprint density at radius 2 is 2.44 bits per heavy atom. The first-order chi connectivity index (χ1) is 7.64. The first kappa shape index (κ1) is 11.3. The quantitative estimate of drug-likeness (QED) is 0.771. The Balaban J connectivity index is 2.38. The second-order valence-corrected chi connectivity index (χ2v) is 4.33. The SMILES string of the molecule is CC1(c2nc(CN)cc(=O)[nH]2)CCCCO1. The van der Waals surface area contributed by atoms with Crippen molar-refractivity contribution >= 4 is 0 Å². The van der Waals surface area contributed by atoms with Crippen LogP contribution in [0.5, 0.6) is 0 Å². The van der Waals surface area contributed by atoms with Crippen LogP contribution in [-0.2, 0) is 16.9 Å². The van der Waals surface area contributed by atoms with Crippen molar-refractivity contribution in [3.63, 3.8) is 0 Å². The summed E-state index contributed by atoms with van der Waals surface area (Å²) in [5.74, 6) is 0.597. The Morgan fingerprint density at radius 3 is 3.06 bits per heavy atom. The largest absolute Gasteiger partial charge is 0.367 e. The molecule has 0 amide bonds. The van der Waals surface area contributed by atoms with Gasteiger partial charge in [-0.15, -0.1) is 0 Å². The maximum atomic E-state index is 11.4. The third-order valence-electron chi connectivity index (χ3n) is 2.97. The molecule has 0 spiro atoms. The number of nitrogens with zero attached hydrogens (tertiary/aromatic N) is 1. The van der Waals surface area contributed by atoms with Crippen LogP contribution in [0.2, 0.25) is 0 Å². The molecule has 1 unspecified atom stereocenters. The van der Waals surface area contributed by atoms with Crippen molar-refractivity contribution in [1.29, 1.82) is 0 Å². The van der Waals surface area contributed by atoms with Crippen LogP contribution in [-0.4, -0.2) is 16.6 Å². The van der Waals surface area contributed by atoms with Crippen molar-refractivity contribution in [2.45, 2.75) is 38.3 Å². The first-order valence-electron chi connectivity index (χ1n) is 5.59. The van der Waals surface area contributed by atoms with Crippen molar-refractivity contribution in [1.82, 2.24) is 9.97 Å². The zero-order chi connectivity index (χ0) is 11.6. The molecule has 1 aliphatic rings. The Morgan fingerprint density at radius 1 is 1.62 bits per heavy atom. The van der Waals surface area contributed by atoms with E-state index in [-0.39, 0.29) is 12.1 Å². The molecule has 1 atom stereocenters. The summed E-state index contributed by atoms with van der Waals surface area (Å²) < 4.78 is 5.73. The Bertz CT molecular complexity index is 421. The Hall–Kier alpha value is -1.20. The molecule has 88 valence electrons. The van der Waals surface area contributed by atoms with E-state index < -0.39 is 5.60 Å². The Labute approximate surface area is 94.0 Å². The van der Waals surface area contributed by atoms with E-state index in [4.69, 9.17) is 10.5 Å². The van der Waals surface area contributed by atoms with Crippen LogP contribution < -0.4 is 11.3 Å². The number of H-pyrrole nitrogens is 1. The normalized spacial score (nSPS) is 25.6. The van der Waals surface area contributed by atoms with Gasteiger partial charge in [0.05, 0.1) is 5.69 Å². The molecule has 0 radical (unpaired) electrons. The standard InChI is InChI=1S/C11H17N3O2/c1-11(4-2-3-5-16-11)10-13-8(7-12)6-9(15)14-10/h6H,2-5,7,12H2,1H3,(H,13,14,15). The molecule has 0 aromatic carbocycles. The summed E-state index contributed by atoms with van der Waals surface area (Å²) in [5.41, 5.74) is 5.47. The predicted octanol–water partition coefficient (Wildman–Crippen LogP) is 0.644. The molecule has 0 aliphatic carbocycles. The fraction of sp³-hybridized carbons (Fsp3) is 0.636. The van der Waals surface area contributed by atoms with Gasteiger partial charge in [0.2, 0.25) is 0 Å². The van der Waals surface area contributed by atoms with Crippen molar-refractivity contribution < 1.29 is 4.74 Å². The van der Waals surface area contributed by atoms with Gasteiger partial charge in [0.1, 0.15) is 11.4 Å². The van der Waals surface area contributed by atoms with Crippen LogP contribution >= 0.6 is 0 Å². The number of aromatic amines is 1. The minimum atomic E-state index is -0.470. The molecule has 0 bridgehead atoms. The zero-order valence-electron chi connectivity index (χ0n) is 9.45. The predicted molar refractivity (Wildman–Crippen MR) is 59.9 cm³/mol. The van der Waals surface area contributed by atoms with Gasteiger partial charge >= 0.3 is 0 Å². The summed E-state index contributed by atoms with van der Waals surface area (Å²) in [7, 11) is 0. The van der Waals surface area contributed by atoms with Gasteiger partial charge in [-0.3, -0.25) is 4.79 Å². The highest BCUT2D eigenvalue weighted by molar-refractivity contribution is 5.08. The molecule has 1 aromatic heterocycles. The third kappa shape index (κ3) is 2.15. The number of nitrogens with one attached hydrogen (secondary N) is 1. The number of rotatable bonds is 2. The topological polar surface area (TPSA) is 81.0 Å². The molecule has 1 aliphatic heterocycles. The van der Waals surface area contributed by atoms with Gasteiger partial charge in [0, 0.05) is 19.2 Å². The van der Waals surface area contributed by atoms with Gasteiger partial charge in [-0.2, -0.15) is 0 Å². The summed E-state index contributed by atoms with van der Waals surface area (Å²) in [5, 5.41) is 0. The second-order valence-electron chi connectivity index (χ2n) is 4.33. The molecule has 3 N–H and O–H groups in total. The van der Waals surface area contributed by atoms with Crippen LogP contribution in [0.25, 0.3) is 0 Å². The monoisotopic (exact) mass is 223 g/mol. The number of hydrogen-bond acceptors (Lipinski definition) is 4. The summed E-state index contributed by atoms with van der Waals surface area (Å²) in [6, 6.07) is 1.43. The van der Waals surface area contributed by atoms with Gasteiger partial charge in [0.25, 0.3) is 5.56 Å². The van der Waals surface area contributed by atoms with E-state index in [9.17, 15) is 4.79 Å². The van der Waals surface area contributed by atoms with E-state index in [1.807, 2.05) is 6.92 Å². The second kappa shape index (κ2) is 4.35. The van der Waals surface area contributed by atoms with Gasteiger partial charge in [-0.05, 0) is 26.2 Å². The van der Waals surface area contributed by atoms with Crippen molar-refractivity contribution in [2.75, 3.05) is 6.61 Å². The maximum Gasteiger partial charge on any atom is 0.251 e. The van der Waals surface area contributed by atoms with Gasteiger partial charge in [0.15, 0.2) is 0 Å². The van der Waals surface area contributed by atoms with Crippen LogP contribution in [0.1, 0.15) is 37.7 Å². The van der Waals surface area contributed by atoms with Crippen LogP contribution in [0, 0.1) is 0 Å². The highest BCUT2D eigenvalue weighted by Gasteiger charge is 2.32. The van der Waals surface area contributed by atoms with Crippen LogP contribution in [0.15, 0.2) is 10.9 Å². The van der Waals surface area contributed by atoms with Gasteiger partial charge in [-0.1, -0.05) is 0 Å². The highest BCUT2D eigenvalue weighted by Crippen LogP contribution is 2.31. The van der Waals surface area contributed by atoms with Crippen LogP contribution in [0.4, 0.5) is 0 Å². The molecular formula is C11H17N3O2. The molecule has 1 saturated heterocycles. The summed E-state index contributed by atoms with van der Waals surface area (Å²) in [6.07, 6.45) is 3.04. The van der Waals surface area contributed by atoms with E-state index in [0.29, 0.717) is 18.1 Å². The molecule has 16 heavy (non-hydrogen) atoms. The minimum Gasteiger partial charge on any atom is -0.367 e. The molecule has 0 saturated carbocycles. The lowest BCUT2D eigenvalue weighted by atomic mass is 9.95. The average molecular weight is 223 g/mol. The summed E-state index contributed by atoms with van der Waals surface area (Å²) in [4.78, 5) is 18.5. The minimum absolute atomic E-state index is 0.166. The molecule has 1 aromatic rings. The summed E-state index contributed by atoms with van der Waals surface area (Å²) in [6.45, 7) is 2.95. The van der Waals surface area contributed by atoms with Crippen molar-refractivity contribution in [3.05, 3.63) is 27.9 Å². The number of nitrogens with two attached hydrogens (primary N) is 1. The fourth-order valence-corrected chi connectivity index (χ4v) is 1.98.